The molecule has 0 aromatic heterocycles. The van der Waals surface area contributed by atoms with Gasteiger partial charge in [-0.25, -0.2) is 4.39 Å². The van der Waals surface area contributed by atoms with Gasteiger partial charge >= 0.3 is 0 Å². The number of nitrogens with zero attached hydrogens (tertiary/aromatic N) is 2. The number of aldehydes is 1. The molecular formula is C14H19FN2O. The van der Waals surface area contributed by atoms with Crippen LogP contribution in [0.1, 0.15) is 23.7 Å². The van der Waals surface area contributed by atoms with Gasteiger partial charge in [-0.05, 0) is 31.2 Å². The number of carbonyl (C=O) groups is 1. The number of benzene rings is 1. The smallest absolute Gasteiger partial charge is 0.150 e. The van der Waals surface area contributed by atoms with E-state index < -0.39 is 0 Å². The molecule has 18 heavy (non-hydrogen) atoms. The highest BCUT2D eigenvalue weighted by molar-refractivity contribution is 5.77. The number of anilines is 1. The molecule has 1 fully saturated rings. The molecule has 0 aliphatic carbocycles. The molecule has 0 spiro atoms. The molecule has 1 aliphatic rings. The van der Waals surface area contributed by atoms with Crippen LogP contribution in [0.15, 0.2) is 18.2 Å². The number of piperazine rings is 1. The molecule has 0 atom stereocenters. The van der Waals surface area contributed by atoms with Crippen LogP contribution in [-0.4, -0.2) is 43.9 Å². The Hall–Kier alpha value is -1.42. The molecule has 1 aliphatic heterocycles. The minimum atomic E-state index is -0.246. The van der Waals surface area contributed by atoms with Crippen LogP contribution < -0.4 is 4.90 Å². The van der Waals surface area contributed by atoms with E-state index in [4.69, 9.17) is 0 Å². The number of carbonyl (C=O) groups excluding carboxylic acids is 1. The van der Waals surface area contributed by atoms with Crippen LogP contribution in [0, 0.1) is 5.82 Å². The van der Waals surface area contributed by atoms with E-state index in [0.29, 0.717) is 11.3 Å². The van der Waals surface area contributed by atoms with E-state index in [1.54, 1.807) is 6.07 Å². The van der Waals surface area contributed by atoms with Crippen molar-refractivity contribution in [2.24, 2.45) is 0 Å². The van der Waals surface area contributed by atoms with E-state index in [2.05, 4.69) is 11.8 Å². The van der Waals surface area contributed by atoms with E-state index in [1.807, 2.05) is 4.90 Å². The summed E-state index contributed by atoms with van der Waals surface area (Å²) >= 11 is 0. The lowest BCUT2D eigenvalue weighted by Gasteiger charge is -2.36. The van der Waals surface area contributed by atoms with Crippen molar-refractivity contribution >= 4 is 12.0 Å². The van der Waals surface area contributed by atoms with Gasteiger partial charge < -0.3 is 4.90 Å². The molecule has 0 radical (unpaired) electrons. The first kappa shape index (κ1) is 13.0. The fourth-order valence-corrected chi connectivity index (χ4v) is 2.37. The molecule has 0 N–H and O–H groups in total. The third-order valence-corrected chi connectivity index (χ3v) is 3.36. The second-order valence-corrected chi connectivity index (χ2v) is 4.66. The SMILES string of the molecule is CCCN1CCN(c2cc(C=O)ccc2F)CC1. The van der Waals surface area contributed by atoms with Crippen molar-refractivity contribution in [3.63, 3.8) is 0 Å². The molecule has 4 heteroatoms. The molecule has 1 saturated heterocycles. The van der Waals surface area contributed by atoms with Crippen LogP contribution in [0.3, 0.4) is 0 Å². The lowest BCUT2D eigenvalue weighted by molar-refractivity contribution is 0.112. The van der Waals surface area contributed by atoms with Gasteiger partial charge in [-0.3, -0.25) is 9.69 Å². The van der Waals surface area contributed by atoms with E-state index >= 15 is 0 Å². The molecule has 3 nitrogen and oxygen atoms in total. The lowest BCUT2D eigenvalue weighted by atomic mass is 10.1. The zero-order valence-electron chi connectivity index (χ0n) is 10.7. The predicted molar refractivity (Wildman–Crippen MR) is 70.7 cm³/mol. The summed E-state index contributed by atoms with van der Waals surface area (Å²) in [5, 5.41) is 0. The Bertz CT molecular complexity index is 414. The first-order valence-corrected chi connectivity index (χ1v) is 6.46. The summed E-state index contributed by atoms with van der Waals surface area (Å²) in [5.74, 6) is -0.246. The molecule has 0 saturated carbocycles. The molecule has 2 rings (SSSR count). The van der Waals surface area contributed by atoms with Crippen molar-refractivity contribution in [1.29, 1.82) is 0 Å². The van der Waals surface area contributed by atoms with Gasteiger partial charge in [0.2, 0.25) is 0 Å². The zero-order valence-corrected chi connectivity index (χ0v) is 10.7. The Morgan fingerprint density at radius 3 is 2.61 bits per heavy atom. The summed E-state index contributed by atoms with van der Waals surface area (Å²) in [6.07, 6.45) is 1.91. The molecule has 0 amide bonds. The van der Waals surface area contributed by atoms with E-state index in [-0.39, 0.29) is 5.82 Å². The highest BCUT2D eigenvalue weighted by Crippen LogP contribution is 2.21. The summed E-state index contributed by atoms with van der Waals surface area (Å²) < 4.78 is 13.8. The standard InChI is InChI=1S/C14H19FN2O/c1-2-5-16-6-8-17(9-7-16)14-10-12(11-18)3-4-13(14)15/h3-4,10-11H,2,5-9H2,1H3. The third kappa shape index (κ3) is 2.88. The number of hydrogen-bond acceptors (Lipinski definition) is 3. The first-order valence-electron chi connectivity index (χ1n) is 6.46. The summed E-state index contributed by atoms with van der Waals surface area (Å²) in [7, 11) is 0. The molecule has 1 heterocycles. The van der Waals surface area contributed by atoms with E-state index in [9.17, 15) is 9.18 Å². The second-order valence-electron chi connectivity index (χ2n) is 4.66. The number of rotatable bonds is 4. The maximum absolute atomic E-state index is 13.8. The van der Waals surface area contributed by atoms with Crippen molar-refractivity contribution < 1.29 is 9.18 Å². The summed E-state index contributed by atoms with van der Waals surface area (Å²) in [5.41, 5.74) is 1.08. The van der Waals surface area contributed by atoms with Crippen molar-refractivity contribution in [3.05, 3.63) is 29.6 Å². The van der Waals surface area contributed by atoms with Crippen LogP contribution >= 0.6 is 0 Å². The van der Waals surface area contributed by atoms with Crippen LogP contribution in [0.4, 0.5) is 10.1 Å². The lowest BCUT2D eigenvalue weighted by Crippen LogP contribution is -2.46. The quantitative estimate of drug-likeness (QED) is 0.765. The topological polar surface area (TPSA) is 23.6 Å². The van der Waals surface area contributed by atoms with Crippen molar-refractivity contribution in [1.82, 2.24) is 4.90 Å². The number of halogens is 1. The largest absolute Gasteiger partial charge is 0.367 e. The Morgan fingerprint density at radius 2 is 2.00 bits per heavy atom. The summed E-state index contributed by atoms with van der Waals surface area (Å²) in [6.45, 7) is 6.82. The van der Waals surface area contributed by atoms with Gasteiger partial charge in [-0.15, -0.1) is 0 Å². The van der Waals surface area contributed by atoms with Crippen LogP contribution in [-0.2, 0) is 0 Å². The summed E-state index contributed by atoms with van der Waals surface area (Å²) in [6, 6.07) is 4.52. The van der Waals surface area contributed by atoms with Crippen LogP contribution in [0.5, 0.6) is 0 Å². The zero-order chi connectivity index (χ0) is 13.0. The second kappa shape index (κ2) is 5.96. The fourth-order valence-electron chi connectivity index (χ4n) is 2.37. The Balaban J connectivity index is 2.07. The molecule has 0 unspecified atom stereocenters. The monoisotopic (exact) mass is 250 g/mol. The average molecular weight is 250 g/mol. The van der Waals surface area contributed by atoms with Crippen LogP contribution in [0.2, 0.25) is 0 Å². The summed E-state index contributed by atoms with van der Waals surface area (Å²) in [4.78, 5) is 15.2. The highest BCUT2D eigenvalue weighted by Gasteiger charge is 2.19. The Kier molecular flexibility index (Phi) is 4.31. The molecular weight excluding hydrogens is 231 g/mol. The van der Waals surface area contributed by atoms with Gasteiger partial charge in [0, 0.05) is 31.7 Å². The predicted octanol–water partition coefficient (Wildman–Crippen LogP) is 2.17. The first-order chi connectivity index (χ1) is 8.74. The van der Waals surface area contributed by atoms with Gasteiger partial charge in [0.05, 0.1) is 5.69 Å². The van der Waals surface area contributed by atoms with Gasteiger partial charge in [-0.2, -0.15) is 0 Å². The normalized spacial score (nSPS) is 16.9. The van der Waals surface area contributed by atoms with Crippen molar-refractivity contribution in [2.45, 2.75) is 13.3 Å². The van der Waals surface area contributed by atoms with E-state index in [1.165, 1.54) is 12.1 Å². The molecule has 1 aromatic carbocycles. The molecule has 0 bridgehead atoms. The van der Waals surface area contributed by atoms with Crippen LogP contribution in [0.25, 0.3) is 0 Å². The van der Waals surface area contributed by atoms with Crippen molar-refractivity contribution in [3.8, 4) is 0 Å². The number of hydrogen-bond donors (Lipinski definition) is 0. The minimum Gasteiger partial charge on any atom is -0.367 e. The molecule has 1 aromatic rings. The van der Waals surface area contributed by atoms with Gasteiger partial charge in [0.15, 0.2) is 0 Å². The minimum absolute atomic E-state index is 0.246. The van der Waals surface area contributed by atoms with Gasteiger partial charge in [0.25, 0.3) is 0 Å². The molecule has 98 valence electrons. The Labute approximate surface area is 107 Å². The maximum atomic E-state index is 13.8. The maximum Gasteiger partial charge on any atom is 0.150 e. The van der Waals surface area contributed by atoms with Gasteiger partial charge in [-0.1, -0.05) is 6.92 Å². The van der Waals surface area contributed by atoms with Crippen molar-refractivity contribution in [2.75, 3.05) is 37.6 Å². The average Bonchev–Trinajstić information content (AvgIpc) is 2.41. The fraction of sp³-hybridized carbons (Fsp3) is 0.500. The van der Waals surface area contributed by atoms with E-state index in [0.717, 1.165) is 45.4 Å². The third-order valence-electron chi connectivity index (χ3n) is 3.36. The highest BCUT2D eigenvalue weighted by atomic mass is 19.1. The Morgan fingerprint density at radius 1 is 1.28 bits per heavy atom. The van der Waals surface area contributed by atoms with Gasteiger partial charge in [0.1, 0.15) is 12.1 Å².